The smallest absolute Gasteiger partial charge is 0.362 e. The molecule has 0 fully saturated rings. The maximum absolute atomic E-state index is 11.8. The number of aromatic nitrogens is 2. The number of nitrogens with two attached hydrogens (primary N) is 1. The highest BCUT2D eigenvalue weighted by molar-refractivity contribution is 5.96. The molecule has 8 nitrogen and oxygen atoms in total. The number of H-pyrrole nitrogens is 2. The van der Waals surface area contributed by atoms with Crippen LogP contribution in [-0.4, -0.2) is 27.9 Å². The number of carbonyl (C=O) groups excluding carboxylic acids is 2. The first-order valence-corrected chi connectivity index (χ1v) is 6.35. The van der Waals surface area contributed by atoms with E-state index in [1.54, 1.807) is 24.3 Å². The lowest BCUT2D eigenvalue weighted by Crippen LogP contribution is -2.36. The minimum Gasteiger partial charge on any atom is -0.387 e. The molecule has 0 bridgehead atoms. The maximum Gasteiger partial charge on any atom is 0.362 e. The van der Waals surface area contributed by atoms with Crippen molar-refractivity contribution in [3.63, 3.8) is 0 Å². The van der Waals surface area contributed by atoms with E-state index >= 15 is 0 Å². The van der Waals surface area contributed by atoms with E-state index in [-0.39, 0.29) is 6.42 Å². The van der Waals surface area contributed by atoms with E-state index in [1.807, 2.05) is 11.1 Å². The molecule has 1 aromatic heterocycles. The summed E-state index contributed by atoms with van der Waals surface area (Å²) in [4.78, 5) is 49.5. The summed E-state index contributed by atoms with van der Waals surface area (Å²) in [6.45, 7) is 0. The Bertz CT molecular complexity index is 766. The Kier molecular flexibility index (Phi) is 4.64. The Morgan fingerprint density at radius 2 is 1.82 bits per heavy atom. The van der Waals surface area contributed by atoms with Crippen molar-refractivity contribution in [3.05, 3.63) is 68.5 Å². The second-order valence-corrected chi connectivity index (χ2v) is 4.51. The normalized spacial score (nSPS) is 11.7. The van der Waals surface area contributed by atoms with Gasteiger partial charge in [-0.1, -0.05) is 30.3 Å². The quantitative estimate of drug-likeness (QED) is 0.505. The molecule has 0 unspecified atom stereocenters. The van der Waals surface area contributed by atoms with Crippen LogP contribution in [0.25, 0.3) is 0 Å². The summed E-state index contributed by atoms with van der Waals surface area (Å²) in [6, 6.07) is 8.74. The molecule has 1 aromatic carbocycles. The van der Waals surface area contributed by atoms with Crippen molar-refractivity contribution < 1.29 is 14.3 Å². The monoisotopic (exact) mass is 303 g/mol. The minimum atomic E-state index is -1.14. The van der Waals surface area contributed by atoms with Crippen LogP contribution in [0.5, 0.6) is 0 Å². The van der Waals surface area contributed by atoms with Crippen molar-refractivity contribution in [2.45, 2.75) is 12.5 Å². The highest BCUT2D eigenvalue weighted by Crippen LogP contribution is 2.04. The van der Waals surface area contributed by atoms with Crippen molar-refractivity contribution in [1.29, 1.82) is 0 Å². The van der Waals surface area contributed by atoms with E-state index in [9.17, 15) is 19.2 Å². The van der Waals surface area contributed by atoms with Gasteiger partial charge in [-0.2, -0.15) is 0 Å². The van der Waals surface area contributed by atoms with Gasteiger partial charge in [-0.25, -0.2) is 14.4 Å². The molecule has 0 aliphatic heterocycles. The number of hydrogen-bond acceptors (Lipinski definition) is 6. The number of rotatable bonds is 4. The van der Waals surface area contributed by atoms with Crippen LogP contribution in [0.1, 0.15) is 16.1 Å². The lowest BCUT2D eigenvalue weighted by atomic mass is 10.1. The fourth-order valence-corrected chi connectivity index (χ4v) is 1.75. The fraction of sp³-hybridized carbons (Fsp3) is 0.143. The first-order chi connectivity index (χ1) is 10.5. The number of benzene rings is 1. The maximum atomic E-state index is 11.8. The molecule has 22 heavy (non-hydrogen) atoms. The van der Waals surface area contributed by atoms with E-state index in [4.69, 9.17) is 5.73 Å². The largest absolute Gasteiger partial charge is 0.387 e. The van der Waals surface area contributed by atoms with Crippen LogP contribution in [0.15, 0.2) is 46.0 Å². The van der Waals surface area contributed by atoms with Crippen molar-refractivity contribution >= 4 is 11.9 Å². The Morgan fingerprint density at radius 3 is 2.45 bits per heavy atom. The van der Waals surface area contributed by atoms with Crippen LogP contribution in [0, 0.1) is 0 Å². The Labute approximate surface area is 123 Å². The highest BCUT2D eigenvalue weighted by atomic mass is 16.6. The van der Waals surface area contributed by atoms with Crippen LogP contribution >= 0.6 is 0 Å². The standard InChI is InChI=1S/C14H13N3O5/c15-9(6-8-4-2-1-3-5-8)12(19)22-13(20)10-7-11(18)17-14(21)16-10/h1-5,7,9H,6,15H2,(H2,16,17,18,21)/t9-/m0/s1. The molecular formula is C14H13N3O5. The van der Waals surface area contributed by atoms with Gasteiger partial charge in [0.1, 0.15) is 11.7 Å². The van der Waals surface area contributed by atoms with Crippen LogP contribution in [0.2, 0.25) is 0 Å². The molecule has 0 aliphatic rings. The zero-order chi connectivity index (χ0) is 16.1. The van der Waals surface area contributed by atoms with Gasteiger partial charge < -0.3 is 15.5 Å². The minimum absolute atomic E-state index is 0.193. The number of nitrogens with one attached hydrogen (secondary N) is 2. The van der Waals surface area contributed by atoms with Gasteiger partial charge in [-0.15, -0.1) is 0 Å². The first-order valence-electron chi connectivity index (χ1n) is 6.35. The predicted molar refractivity (Wildman–Crippen MR) is 76.2 cm³/mol. The third-order valence-electron chi connectivity index (χ3n) is 2.77. The second-order valence-electron chi connectivity index (χ2n) is 4.51. The summed E-state index contributed by atoms with van der Waals surface area (Å²) in [6.07, 6.45) is 0.193. The molecule has 0 saturated heterocycles. The molecule has 2 rings (SSSR count). The molecule has 0 amide bonds. The van der Waals surface area contributed by atoms with Gasteiger partial charge in [0.05, 0.1) is 0 Å². The first kappa shape index (κ1) is 15.4. The number of esters is 2. The van der Waals surface area contributed by atoms with E-state index in [1.165, 1.54) is 0 Å². The molecule has 4 N–H and O–H groups in total. The molecule has 1 heterocycles. The average molecular weight is 303 g/mol. The third kappa shape index (κ3) is 4.00. The molecule has 0 spiro atoms. The van der Waals surface area contributed by atoms with Gasteiger partial charge in [0, 0.05) is 6.07 Å². The summed E-state index contributed by atoms with van der Waals surface area (Å²) in [7, 11) is 0. The second kappa shape index (κ2) is 6.64. The lowest BCUT2D eigenvalue weighted by molar-refractivity contribution is -0.139. The zero-order valence-corrected chi connectivity index (χ0v) is 11.4. The SMILES string of the molecule is N[C@@H](Cc1ccccc1)C(=O)OC(=O)c1cc(=O)[nH]c(=O)[nH]1. The Balaban J connectivity index is 2.03. The topological polar surface area (TPSA) is 135 Å². The summed E-state index contributed by atoms with van der Waals surface area (Å²) in [5.41, 5.74) is 4.40. The molecule has 2 aromatic rings. The molecule has 0 radical (unpaired) electrons. The van der Waals surface area contributed by atoms with Crippen LogP contribution in [0.3, 0.4) is 0 Å². The Morgan fingerprint density at radius 1 is 1.14 bits per heavy atom. The van der Waals surface area contributed by atoms with Crippen LogP contribution in [0.4, 0.5) is 0 Å². The molecular weight excluding hydrogens is 290 g/mol. The van der Waals surface area contributed by atoms with Crippen molar-refractivity contribution in [1.82, 2.24) is 9.97 Å². The Hall–Kier alpha value is -3.00. The van der Waals surface area contributed by atoms with Gasteiger partial charge in [0.15, 0.2) is 0 Å². The van der Waals surface area contributed by atoms with Crippen molar-refractivity contribution in [2.24, 2.45) is 5.73 Å². The van der Waals surface area contributed by atoms with E-state index in [2.05, 4.69) is 9.72 Å². The highest BCUT2D eigenvalue weighted by Gasteiger charge is 2.21. The van der Waals surface area contributed by atoms with Crippen LogP contribution < -0.4 is 17.0 Å². The molecule has 0 aliphatic carbocycles. The van der Waals surface area contributed by atoms with E-state index in [0.29, 0.717) is 0 Å². The van der Waals surface area contributed by atoms with Gasteiger partial charge >= 0.3 is 17.6 Å². The van der Waals surface area contributed by atoms with Gasteiger partial charge in [0.25, 0.3) is 5.56 Å². The number of ether oxygens (including phenoxy) is 1. The van der Waals surface area contributed by atoms with Gasteiger partial charge in [-0.3, -0.25) is 9.78 Å². The summed E-state index contributed by atoms with van der Waals surface area (Å²) in [5, 5.41) is 0. The number of aromatic amines is 2. The number of carbonyl (C=O) groups is 2. The molecule has 1 atom stereocenters. The summed E-state index contributed by atoms with van der Waals surface area (Å²) < 4.78 is 4.55. The third-order valence-corrected chi connectivity index (χ3v) is 2.77. The molecule has 8 heteroatoms. The predicted octanol–water partition coefficient (Wildman–Crippen LogP) is -0.683. The van der Waals surface area contributed by atoms with Crippen molar-refractivity contribution in [2.75, 3.05) is 0 Å². The summed E-state index contributed by atoms with van der Waals surface area (Å²) >= 11 is 0. The average Bonchev–Trinajstić information content (AvgIpc) is 2.47. The summed E-state index contributed by atoms with van der Waals surface area (Å²) in [5.74, 6) is -2.09. The fourth-order valence-electron chi connectivity index (χ4n) is 1.75. The van der Waals surface area contributed by atoms with Crippen LogP contribution in [-0.2, 0) is 16.0 Å². The van der Waals surface area contributed by atoms with E-state index < -0.39 is 34.9 Å². The molecule has 0 saturated carbocycles. The van der Waals surface area contributed by atoms with Gasteiger partial charge in [0.2, 0.25) is 0 Å². The zero-order valence-electron chi connectivity index (χ0n) is 11.4. The lowest BCUT2D eigenvalue weighted by Gasteiger charge is -2.10. The van der Waals surface area contributed by atoms with E-state index in [0.717, 1.165) is 11.6 Å². The molecule has 114 valence electrons. The number of hydrogen-bond donors (Lipinski definition) is 3. The van der Waals surface area contributed by atoms with Crippen molar-refractivity contribution in [3.8, 4) is 0 Å². The van der Waals surface area contributed by atoms with Gasteiger partial charge in [-0.05, 0) is 12.0 Å².